The van der Waals surface area contributed by atoms with E-state index < -0.39 is 5.60 Å². The van der Waals surface area contributed by atoms with Crippen LogP contribution in [0.25, 0.3) is 11.0 Å². The van der Waals surface area contributed by atoms with E-state index in [2.05, 4.69) is 10.3 Å². The van der Waals surface area contributed by atoms with E-state index in [0.717, 1.165) is 23.9 Å². The molecule has 1 aromatic heterocycles. The lowest BCUT2D eigenvalue weighted by molar-refractivity contribution is 0.0185. The van der Waals surface area contributed by atoms with Crippen LogP contribution in [0.2, 0.25) is 0 Å². The second-order valence-corrected chi connectivity index (χ2v) is 6.98. The number of piperidine rings is 1. The Morgan fingerprint density at radius 3 is 2.65 bits per heavy atom. The van der Waals surface area contributed by atoms with Crippen LogP contribution in [0.15, 0.2) is 18.2 Å². The number of rotatable bonds is 1. The van der Waals surface area contributed by atoms with Crippen LogP contribution >= 0.6 is 0 Å². The number of carbonyl (C=O) groups is 1. The maximum Gasteiger partial charge on any atom is 0.410 e. The smallest absolute Gasteiger partial charge is 0.410 e. The van der Waals surface area contributed by atoms with Crippen molar-refractivity contribution < 1.29 is 9.53 Å². The molecule has 0 saturated carbocycles. The predicted molar refractivity (Wildman–Crippen MR) is 88.0 cm³/mol. The Morgan fingerprint density at radius 1 is 1.30 bits per heavy atom. The summed E-state index contributed by atoms with van der Waals surface area (Å²) in [5, 5.41) is 8.45. The van der Waals surface area contributed by atoms with Gasteiger partial charge in [0, 0.05) is 18.8 Å². The Kier molecular flexibility index (Phi) is 3.87. The van der Waals surface area contributed by atoms with E-state index in [4.69, 9.17) is 10.5 Å². The highest BCUT2D eigenvalue weighted by Crippen LogP contribution is 2.26. The van der Waals surface area contributed by atoms with Gasteiger partial charge in [-0.3, -0.25) is 0 Å². The molecule has 0 bridgehead atoms. The Morgan fingerprint density at radius 2 is 2.00 bits per heavy atom. The lowest BCUT2D eigenvalue weighted by Crippen LogP contribution is -2.42. The van der Waals surface area contributed by atoms with Crippen molar-refractivity contribution >= 4 is 22.8 Å². The average Bonchev–Trinajstić information content (AvgIpc) is 2.88. The van der Waals surface area contributed by atoms with Gasteiger partial charge in [0.1, 0.15) is 11.1 Å². The standard InChI is InChI=1S/C16H23N5O2/c1-16(2,3)23-15(22)20-8-6-12(7-9-20)21-14-5-4-11(17)10-13(14)18-19-21/h4-5,10,12H,6-9,17H2,1-3H3. The van der Waals surface area contributed by atoms with Crippen molar-refractivity contribution in [3.05, 3.63) is 18.2 Å². The first-order chi connectivity index (χ1) is 10.8. The van der Waals surface area contributed by atoms with Gasteiger partial charge in [-0.2, -0.15) is 0 Å². The van der Waals surface area contributed by atoms with E-state index in [-0.39, 0.29) is 12.1 Å². The highest BCUT2D eigenvalue weighted by Gasteiger charge is 2.28. The summed E-state index contributed by atoms with van der Waals surface area (Å²) in [4.78, 5) is 13.9. The summed E-state index contributed by atoms with van der Waals surface area (Å²) in [6, 6.07) is 5.87. The SMILES string of the molecule is CC(C)(C)OC(=O)N1CCC(n2nnc3cc(N)ccc32)CC1. The molecule has 0 spiro atoms. The van der Waals surface area contributed by atoms with Crippen LogP contribution in [-0.2, 0) is 4.74 Å². The van der Waals surface area contributed by atoms with Gasteiger partial charge in [-0.05, 0) is 51.8 Å². The number of likely N-dealkylation sites (tertiary alicyclic amines) is 1. The van der Waals surface area contributed by atoms with Crippen molar-refractivity contribution in [3.8, 4) is 0 Å². The van der Waals surface area contributed by atoms with Crippen molar-refractivity contribution in [3.63, 3.8) is 0 Å². The number of nitrogens with two attached hydrogens (primary N) is 1. The van der Waals surface area contributed by atoms with Crippen molar-refractivity contribution in [2.45, 2.75) is 45.3 Å². The fourth-order valence-electron chi connectivity index (χ4n) is 2.85. The highest BCUT2D eigenvalue weighted by molar-refractivity contribution is 5.78. The van der Waals surface area contributed by atoms with Gasteiger partial charge in [0.25, 0.3) is 0 Å². The molecule has 1 aliphatic rings. The summed E-state index contributed by atoms with van der Waals surface area (Å²) in [7, 11) is 0. The monoisotopic (exact) mass is 317 g/mol. The number of hydrogen-bond acceptors (Lipinski definition) is 5. The molecule has 3 rings (SSSR count). The average molecular weight is 317 g/mol. The molecule has 124 valence electrons. The fourth-order valence-corrected chi connectivity index (χ4v) is 2.85. The van der Waals surface area contributed by atoms with E-state index in [9.17, 15) is 4.79 Å². The van der Waals surface area contributed by atoms with Gasteiger partial charge in [0.15, 0.2) is 0 Å². The number of benzene rings is 1. The molecule has 2 N–H and O–H groups in total. The minimum Gasteiger partial charge on any atom is -0.444 e. The maximum absolute atomic E-state index is 12.1. The molecule has 7 heteroatoms. The largest absolute Gasteiger partial charge is 0.444 e. The molecule has 0 aliphatic carbocycles. The number of aromatic nitrogens is 3. The summed E-state index contributed by atoms with van der Waals surface area (Å²) in [6.45, 7) is 6.96. The number of carbonyl (C=O) groups excluding carboxylic acids is 1. The molecular formula is C16H23N5O2. The zero-order valence-electron chi connectivity index (χ0n) is 13.8. The first-order valence-corrected chi connectivity index (χ1v) is 7.92. The molecule has 2 aromatic rings. The van der Waals surface area contributed by atoms with Gasteiger partial charge in [-0.1, -0.05) is 5.21 Å². The highest BCUT2D eigenvalue weighted by atomic mass is 16.6. The molecule has 1 amide bonds. The second-order valence-electron chi connectivity index (χ2n) is 6.98. The summed E-state index contributed by atoms with van der Waals surface area (Å²) in [5.41, 5.74) is 7.79. The zero-order valence-corrected chi connectivity index (χ0v) is 13.8. The van der Waals surface area contributed by atoms with Crippen LogP contribution in [0.1, 0.15) is 39.7 Å². The number of amides is 1. The quantitative estimate of drug-likeness (QED) is 0.817. The van der Waals surface area contributed by atoms with Gasteiger partial charge < -0.3 is 15.4 Å². The van der Waals surface area contributed by atoms with E-state index in [1.807, 2.05) is 43.7 Å². The fraction of sp³-hybridized carbons (Fsp3) is 0.562. The van der Waals surface area contributed by atoms with Gasteiger partial charge in [0.2, 0.25) is 0 Å². The molecule has 23 heavy (non-hydrogen) atoms. The Bertz CT molecular complexity index is 711. The van der Waals surface area contributed by atoms with Crippen LogP contribution in [-0.4, -0.2) is 44.7 Å². The molecule has 7 nitrogen and oxygen atoms in total. The van der Waals surface area contributed by atoms with Crippen LogP contribution in [0, 0.1) is 0 Å². The van der Waals surface area contributed by atoms with Crippen LogP contribution < -0.4 is 5.73 Å². The van der Waals surface area contributed by atoms with E-state index in [1.165, 1.54) is 0 Å². The van der Waals surface area contributed by atoms with Gasteiger partial charge in [-0.15, -0.1) is 5.10 Å². The predicted octanol–water partition coefficient (Wildman–Crippen LogP) is 2.59. The van der Waals surface area contributed by atoms with Crippen molar-refractivity contribution in [1.29, 1.82) is 0 Å². The van der Waals surface area contributed by atoms with Gasteiger partial charge in [-0.25, -0.2) is 9.48 Å². The summed E-state index contributed by atoms with van der Waals surface area (Å²) < 4.78 is 7.37. The molecule has 0 atom stereocenters. The van der Waals surface area contributed by atoms with Gasteiger partial charge in [0.05, 0.1) is 11.6 Å². The van der Waals surface area contributed by atoms with Crippen LogP contribution in [0.5, 0.6) is 0 Å². The first kappa shape index (κ1) is 15.6. The Hall–Kier alpha value is -2.31. The number of nitrogen functional groups attached to an aromatic ring is 1. The molecular weight excluding hydrogens is 294 g/mol. The van der Waals surface area contributed by atoms with Crippen molar-refractivity contribution in [2.75, 3.05) is 18.8 Å². The molecule has 1 aromatic carbocycles. The lowest BCUT2D eigenvalue weighted by Gasteiger charge is -2.33. The summed E-state index contributed by atoms with van der Waals surface area (Å²) >= 11 is 0. The first-order valence-electron chi connectivity index (χ1n) is 7.92. The normalized spacial score (nSPS) is 16.7. The third kappa shape index (κ3) is 3.38. The minimum absolute atomic E-state index is 0.238. The third-order valence-electron chi connectivity index (χ3n) is 3.96. The maximum atomic E-state index is 12.1. The molecule has 0 unspecified atom stereocenters. The van der Waals surface area contributed by atoms with Gasteiger partial charge >= 0.3 is 6.09 Å². The third-order valence-corrected chi connectivity index (χ3v) is 3.96. The number of nitrogens with zero attached hydrogens (tertiary/aromatic N) is 4. The lowest BCUT2D eigenvalue weighted by atomic mass is 10.1. The number of ether oxygens (including phenoxy) is 1. The molecule has 1 fully saturated rings. The molecule has 0 radical (unpaired) electrons. The number of fused-ring (bicyclic) bond motifs is 1. The molecule has 1 aliphatic heterocycles. The molecule has 2 heterocycles. The number of anilines is 1. The summed E-state index contributed by atoms with van der Waals surface area (Å²) in [5.74, 6) is 0. The Balaban J connectivity index is 1.67. The Labute approximate surface area is 135 Å². The van der Waals surface area contributed by atoms with E-state index >= 15 is 0 Å². The second kappa shape index (κ2) is 5.72. The van der Waals surface area contributed by atoms with E-state index in [0.29, 0.717) is 18.8 Å². The van der Waals surface area contributed by atoms with E-state index in [1.54, 1.807) is 4.90 Å². The zero-order chi connectivity index (χ0) is 16.6. The van der Waals surface area contributed by atoms with Crippen molar-refractivity contribution in [2.24, 2.45) is 0 Å². The van der Waals surface area contributed by atoms with Crippen LogP contribution in [0.4, 0.5) is 10.5 Å². The molecule has 1 saturated heterocycles. The topological polar surface area (TPSA) is 86.3 Å². The summed E-state index contributed by atoms with van der Waals surface area (Å²) in [6.07, 6.45) is 1.43. The minimum atomic E-state index is -0.462. The van der Waals surface area contributed by atoms with Crippen molar-refractivity contribution in [1.82, 2.24) is 19.9 Å². The van der Waals surface area contributed by atoms with Crippen LogP contribution in [0.3, 0.4) is 0 Å². The number of hydrogen-bond donors (Lipinski definition) is 1.